The molecule has 0 aromatic rings. The van der Waals surface area contributed by atoms with Crippen molar-refractivity contribution >= 4 is 21.7 Å². The Morgan fingerprint density at radius 3 is 2.56 bits per heavy atom. The van der Waals surface area contributed by atoms with Gasteiger partial charge in [0.2, 0.25) is 5.91 Å². The molecule has 3 N–H and O–H groups in total. The molecule has 7 nitrogen and oxygen atoms in total. The number of nitrogens with zero attached hydrogens (tertiary/aromatic N) is 1. The SMILES string of the molecule is CCNC(=NCCCC1CCCCC1)NCCC(=O)NC1CCS(=O)(=O)C1. The van der Waals surface area contributed by atoms with Crippen LogP contribution in [0.2, 0.25) is 0 Å². The number of aliphatic imine (C=N–C) groups is 1. The van der Waals surface area contributed by atoms with E-state index in [2.05, 4.69) is 20.9 Å². The van der Waals surface area contributed by atoms with Crippen LogP contribution in [0, 0.1) is 5.92 Å². The van der Waals surface area contributed by atoms with Crippen molar-refractivity contribution in [2.45, 2.75) is 70.8 Å². The van der Waals surface area contributed by atoms with Crippen LogP contribution in [0.1, 0.15) is 64.7 Å². The minimum atomic E-state index is -2.96. The number of guanidine groups is 1. The van der Waals surface area contributed by atoms with E-state index in [9.17, 15) is 13.2 Å². The molecule has 156 valence electrons. The summed E-state index contributed by atoms with van der Waals surface area (Å²) >= 11 is 0. The highest BCUT2D eigenvalue weighted by atomic mass is 32.2. The van der Waals surface area contributed by atoms with E-state index in [1.807, 2.05) is 6.92 Å². The lowest BCUT2D eigenvalue weighted by Crippen LogP contribution is -2.41. The van der Waals surface area contributed by atoms with Gasteiger partial charge in [-0.15, -0.1) is 0 Å². The first-order valence-electron chi connectivity index (χ1n) is 10.5. The van der Waals surface area contributed by atoms with E-state index in [0.29, 0.717) is 19.4 Å². The van der Waals surface area contributed by atoms with E-state index in [4.69, 9.17) is 0 Å². The standard InChI is InChI=1S/C19H36N4O3S/c1-2-20-19(21-12-6-9-16-7-4-3-5-8-16)22-13-10-18(24)23-17-11-14-27(25,26)15-17/h16-17H,2-15H2,1H3,(H,23,24)(H2,20,21,22). The van der Waals surface area contributed by atoms with E-state index in [1.54, 1.807) is 0 Å². The van der Waals surface area contributed by atoms with Crippen molar-refractivity contribution in [3.05, 3.63) is 0 Å². The first kappa shape index (κ1) is 22.0. The number of carbonyl (C=O) groups excluding carboxylic acids is 1. The molecule has 1 saturated heterocycles. The highest BCUT2D eigenvalue weighted by Crippen LogP contribution is 2.27. The zero-order valence-corrected chi connectivity index (χ0v) is 17.5. The van der Waals surface area contributed by atoms with Crippen molar-refractivity contribution in [3.63, 3.8) is 0 Å². The third kappa shape index (κ3) is 8.95. The number of hydrogen-bond acceptors (Lipinski definition) is 4. The average molecular weight is 401 g/mol. The van der Waals surface area contributed by atoms with Crippen molar-refractivity contribution in [3.8, 4) is 0 Å². The van der Waals surface area contributed by atoms with Crippen LogP contribution in [0.5, 0.6) is 0 Å². The van der Waals surface area contributed by atoms with Gasteiger partial charge in [-0.25, -0.2) is 8.42 Å². The molecule has 0 spiro atoms. The van der Waals surface area contributed by atoms with Crippen LogP contribution in [0.25, 0.3) is 0 Å². The third-order valence-corrected chi connectivity index (χ3v) is 7.12. The second kappa shape index (κ2) is 11.5. The lowest BCUT2D eigenvalue weighted by molar-refractivity contribution is -0.121. The van der Waals surface area contributed by atoms with Crippen LogP contribution < -0.4 is 16.0 Å². The van der Waals surface area contributed by atoms with Gasteiger partial charge in [0.25, 0.3) is 0 Å². The van der Waals surface area contributed by atoms with Crippen molar-refractivity contribution in [1.29, 1.82) is 0 Å². The minimum absolute atomic E-state index is 0.0667. The summed E-state index contributed by atoms with van der Waals surface area (Å²) < 4.78 is 22.9. The molecule has 1 amide bonds. The van der Waals surface area contributed by atoms with Gasteiger partial charge in [-0.1, -0.05) is 32.1 Å². The van der Waals surface area contributed by atoms with Gasteiger partial charge in [0.15, 0.2) is 15.8 Å². The summed E-state index contributed by atoms with van der Waals surface area (Å²) in [6, 6.07) is -0.232. The van der Waals surface area contributed by atoms with Gasteiger partial charge in [0.05, 0.1) is 11.5 Å². The van der Waals surface area contributed by atoms with Crippen molar-refractivity contribution in [2.75, 3.05) is 31.1 Å². The van der Waals surface area contributed by atoms with Crippen LogP contribution in [0.15, 0.2) is 4.99 Å². The van der Waals surface area contributed by atoms with Crippen LogP contribution in [-0.4, -0.2) is 57.5 Å². The molecule has 2 fully saturated rings. The average Bonchev–Trinajstić information content (AvgIpc) is 2.98. The largest absolute Gasteiger partial charge is 0.357 e. The summed E-state index contributed by atoms with van der Waals surface area (Å²) in [5, 5.41) is 9.21. The molecule has 0 radical (unpaired) electrons. The monoisotopic (exact) mass is 400 g/mol. The first-order valence-corrected chi connectivity index (χ1v) is 12.3. The number of sulfone groups is 1. The molecule has 27 heavy (non-hydrogen) atoms. The second-order valence-corrected chi connectivity index (χ2v) is 9.98. The van der Waals surface area contributed by atoms with Gasteiger partial charge in [0, 0.05) is 32.1 Å². The van der Waals surface area contributed by atoms with E-state index < -0.39 is 9.84 Å². The zero-order chi connectivity index (χ0) is 19.5. The van der Waals surface area contributed by atoms with E-state index >= 15 is 0 Å². The van der Waals surface area contributed by atoms with Gasteiger partial charge < -0.3 is 16.0 Å². The molecule has 1 aliphatic carbocycles. The van der Waals surface area contributed by atoms with Gasteiger partial charge in [-0.3, -0.25) is 9.79 Å². The fourth-order valence-corrected chi connectivity index (χ4v) is 5.56. The summed E-state index contributed by atoms with van der Waals surface area (Å²) in [6.07, 6.45) is 10.1. The molecule has 2 aliphatic rings. The van der Waals surface area contributed by atoms with Gasteiger partial charge in [-0.05, 0) is 32.1 Å². The number of nitrogens with one attached hydrogen (secondary N) is 3. The summed E-state index contributed by atoms with van der Waals surface area (Å²) in [5.41, 5.74) is 0. The Bertz CT molecular complexity index is 586. The lowest BCUT2D eigenvalue weighted by atomic mass is 9.86. The fraction of sp³-hybridized carbons (Fsp3) is 0.895. The van der Waals surface area contributed by atoms with Crippen LogP contribution >= 0.6 is 0 Å². The van der Waals surface area contributed by atoms with Crippen LogP contribution in [-0.2, 0) is 14.6 Å². The maximum Gasteiger partial charge on any atom is 0.222 e. The quantitative estimate of drug-likeness (QED) is 0.310. The van der Waals surface area contributed by atoms with Crippen molar-refractivity contribution in [1.82, 2.24) is 16.0 Å². The van der Waals surface area contributed by atoms with E-state index in [0.717, 1.165) is 31.4 Å². The first-order chi connectivity index (χ1) is 13.0. The molecular weight excluding hydrogens is 364 g/mol. The number of hydrogen-bond donors (Lipinski definition) is 3. The predicted molar refractivity (Wildman–Crippen MR) is 110 cm³/mol. The Morgan fingerprint density at radius 2 is 1.89 bits per heavy atom. The summed E-state index contributed by atoms with van der Waals surface area (Å²) in [7, 11) is -2.96. The molecule has 1 saturated carbocycles. The molecule has 1 unspecified atom stereocenters. The molecule has 0 aromatic carbocycles. The highest BCUT2D eigenvalue weighted by molar-refractivity contribution is 7.91. The fourth-order valence-electron chi connectivity index (χ4n) is 3.89. The number of amides is 1. The summed E-state index contributed by atoms with van der Waals surface area (Å²) in [4.78, 5) is 16.6. The Labute approximate surface area is 164 Å². The molecule has 8 heteroatoms. The molecule has 1 atom stereocenters. The van der Waals surface area contributed by atoms with Crippen LogP contribution in [0.4, 0.5) is 0 Å². The molecule has 1 heterocycles. The molecule has 0 aromatic heterocycles. The van der Waals surface area contributed by atoms with Crippen molar-refractivity contribution < 1.29 is 13.2 Å². The van der Waals surface area contributed by atoms with Crippen LogP contribution in [0.3, 0.4) is 0 Å². The molecular formula is C19H36N4O3S. The normalized spacial score (nSPS) is 23.1. The van der Waals surface area contributed by atoms with Gasteiger partial charge in [0.1, 0.15) is 0 Å². The smallest absolute Gasteiger partial charge is 0.222 e. The molecule has 2 rings (SSSR count). The summed E-state index contributed by atoms with van der Waals surface area (Å²) in [6.45, 7) is 4.09. The zero-order valence-electron chi connectivity index (χ0n) is 16.6. The predicted octanol–water partition coefficient (Wildman–Crippen LogP) is 1.60. The molecule has 1 aliphatic heterocycles. The Kier molecular flexibility index (Phi) is 9.38. The van der Waals surface area contributed by atoms with E-state index in [-0.39, 0.29) is 23.5 Å². The van der Waals surface area contributed by atoms with Crippen molar-refractivity contribution in [2.24, 2.45) is 10.9 Å². The maximum absolute atomic E-state index is 12.0. The van der Waals surface area contributed by atoms with Gasteiger partial charge >= 0.3 is 0 Å². The lowest BCUT2D eigenvalue weighted by Gasteiger charge is -2.20. The molecule has 0 bridgehead atoms. The third-order valence-electron chi connectivity index (χ3n) is 5.35. The number of carbonyl (C=O) groups is 1. The topological polar surface area (TPSA) is 99.7 Å². The number of rotatable bonds is 9. The minimum Gasteiger partial charge on any atom is -0.357 e. The maximum atomic E-state index is 12.0. The van der Waals surface area contributed by atoms with E-state index in [1.165, 1.54) is 38.5 Å². The Hall–Kier alpha value is -1.31. The highest BCUT2D eigenvalue weighted by Gasteiger charge is 2.28. The van der Waals surface area contributed by atoms with Gasteiger partial charge in [-0.2, -0.15) is 0 Å². The Morgan fingerprint density at radius 1 is 1.11 bits per heavy atom. The Balaban J connectivity index is 1.61. The second-order valence-electron chi connectivity index (χ2n) is 7.75. The summed E-state index contributed by atoms with van der Waals surface area (Å²) in [5.74, 6) is 1.76.